The Kier molecular flexibility index (Phi) is 4.37. The standard InChI is InChI=1S/C15H26N2O3/c1-10(2)12(9-20-4)17-11(3)13(18)16-15(14(17)19)7-5-6-8-15/h10-12H,5-9H2,1-4H3,(H,16,18). The molecule has 1 N–H and O–H groups in total. The molecule has 2 unspecified atom stereocenters. The highest BCUT2D eigenvalue weighted by atomic mass is 16.5. The predicted molar refractivity (Wildman–Crippen MR) is 76.2 cm³/mol. The van der Waals surface area contributed by atoms with Crippen molar-refractivity contribution in [3.8, 4) is 0 Å². The number of piperazine rings is 1. The first-order valence-electron chi connectivity index (χ1n) is 7.56. The smallest absolute Gasteiger partial charge is 0.249 e. The lowest BCUT2D eigenvalue weighted by molar-refractivity contribution is -0.159. The van der Waals surface area contributed by atoms with Crippen molar-refractivity contribution < 1.29 is 14.3 Å². The Morgan fingerprint density at radius 1 is 1.35 bits per heavy atom. The van der Waals surface area contributed by atoms with E-state index in [4.69, 9.17) is 4.74 Å². The van der Waals surface area contributed by atoms with Gasteiger partial charge in [0.25, 0.3) is 0 Å². The average molecular weight is 282 g/mol. The van der Waals surface area contributed by atoms with E-state index in [2.05, 4.69) is 19.2 Å². The number of carbonyl (C=O) groups excluding carboxylic acids is 2. The normalized spacial score (nSPS) is 27.2. The maximum atomic E-state index is 13.0. The largest absolute Gasteiger partial charge is 0.383 e. The molecule has 0 aromatic heterocycles. The molecule has 1 spiro atoms. The zero-order valence-corrected chi connectivity index (χ0v) is 12.9. The van der Waals surface area contributed by atoms with E-state index in [0.717, 1.165) is 25.7 Å². The van der Waals surface area contributed by atoms with Crippen molar-refractivity contribution >= 4 is 11.8 Å². The van der Waals surface area contributed by atoms with Crippen LogP contribution in [0.25, 0.3) is 0 Å². The van der Waals surface area contributed by atoms with Gasteiger partial charge in [0, 0.05) is 7.11 Å². The maximum absolute atomic E-state index is 13.0. The zero-order chi connectivity index (χ0) is 14.9. The molecule has 2 rings (SSSR count). The fourth-order valence-electron chi connectivity index (χ4n) is 3.46. The van der Waals surface area contributed by atoms with Gasteiger partial charge in [0.2, 0.25) is 11.8 Å². The Morgan fingerprint density at radius 3 is 2.45 bits per heavy atom. The molecule has 0 bridgehead atoms. The highest BCUT2D eigenvalue weighted by Gasteiger charge is 2.52. The predicted octanol–water partition coefficient (Wildman–Crippen LogP) is 1.32. The summed E-state index contributed by atoms with van der Waals surface area (Å²) in [6.45, 7) is 6.41. The monoisotopic (exact) mass is 282 g/mol. The molecule has 0 aromatic carbocycles. The van der Waals surface area contributed by atoms with Crippen molar-refractivity contribution in [1.82, 2.24) is 10.2 Å². The van der Waals surface area contributed by atoms with E-state index in [1.807, 2.05) is 0 Å². The summed E-state index contributed by atoms with van der Waals surface area (Å²) in [5.74, 6) is 0.303. The number of hydrogen-bond acceptors (Lipinski definition) is 3. The lowest BCUT2D eigenvalue weighted by atomic mass is 9.88. The molecule has 20 heavy (non-hydrogen) atoms. The van der Waals surface area contributed by atoms with Crippen LogP contribution in [0.2, 0.25) is 0 Å². The minimum atomic E-state index is -0.648. The lowest BCUT2D eigenvalue weighted by Crippen LogP contribution is -2.71. The van der Waals surface area contributed by atoms with Gasteiger partial charge in [-0.15, -0.1) is 0 Å². The van der Waals surface area contributed by atoms with Gasteiger partial charge in [-0.05, 0) is 25.7 Å². The van der Waals surface area contributed by atoms with Gasteiger partial charge in [0.05, 0.1) is 12.6 Å². The molecule has 2 amide bonds. The number of methoxy groups -OCH3 is 1. The number of rotatable bonds is 4. The summed E-state index contributed by atoms with van der Waals surface area (Å²) >= 11 is 0. The van der Waals surface area contributed by atoms with Crippen LogP contribution in [0.3, 0.4) is 0 Å². The van der Waals surface area contributed by atoms with E-state index in [-0.39, 0.29) is 23.8 Å². The van der Waals surface area contributed by atoms with Gasteiger partial charge in [0.1, 0.15) is 11.6 Å². The molecule has 2 atom stereocenters. The minimum absolute atomic E-state index is 0.0340. The number of nitrogens with one attached hydrogen (secondary N) is 1. The Balaban J connectivity index is 2.32. The van der Waals surface area contributed by atoms with E-state index in [0.29, 0.717) is 6.61 Å². The van der Waals surface area contributed by atoms with Gasteiger partial charge < -0.3 is 15.0 Å². The van der Waals surface area contributed by atoms with Crippen LogP contribution in [-0.4, -0.2) is 48.1 Å². The third-order valence-corrected chi connectivity index (χ3v) is 4.72. The van der Waals surface area contributed by atoms with Crippen molar-refractivity contribution in [2.75, 3.05) is 13.7 Å². The van der Waals surface area contributed by atoms with Crippen LogP contribution in [0.4, 0.5) is 0 Å². The SMILES string of the molecule is COCC(C(C)C)N1C(=O)C2(CCCC2)NC(=O)C1C. The van der Waals surface area contributed by atoms with Gasteiger partial charge >= 0.3 is 0 Å². The van der Waals surface area contributed by atoms with E-state index in [1.165, 1.54) is 0 Å². The molecule has 5 nitrogen and oxygen atoms in total. The summed E-state index contributed by atoms with van der Waals surface area (Å²) in [6, 6.07) is -0.470. The van der Waals surface area contributed by atoms with Gasteiger partial charge in [-0.2, -0.15) is 0 Å². The van der Waals surface area contributed by atoms with Crippen molar-refractivity contribution in [3.63, 3.8) is 0 Å². The second-order valence-electron chi connectivity index (χ2n) is 6.43. The second kappa shape index (κ2) is 5.72. The average Bonchev–Trinajstić information content (AvgIpc) is 2.85. The Bertz CT molecular complexity index is 389. The first-order valence-corrected chi connectivity index (χ1v) is 7.56. The molecular formula is C15H26N2O3. The summed E-state index contributed by atoms with van der Waals surface area (Å²) in [7, 11) is 1.64. The van der Waals surface area contributed by atoms with Crippen LogP contribution >= 0.6 is 0 Å². The molecule has 114 valence electrons. The Morgan fingerprint density at radius 2 is 1.95 bits per heavy atom. The minimum Gasteiger partial charge on any atom is -0.383 e. The summed E-state index contributed by atoms with van der Waals surface area (Å²) in [5, 5.41) is 2.99. The Hall–Kier alpha value is -1.10. The maximum Gasteiger partial charge on any atom is 0.249 e. The molecule has 1 saturated carbocycles. The number of amides is 2. The van der Waals surface area contributed by atoms with E-state index < -0.39 is 11.6 Å². The lowest BCUT2D eigenvalue weighted by Gasteiger charge is -2.47. The summed E-state index contributed by atoms with van der Waals surface area (Å²) < 4.78 is 5.28. The molecule has 0 radical (unpaired) electrons. The molecule has 5 heteroatoms. The third-order valence-electron chi connectivity index (χ3n) is 4.72. The fourth-order valence-corrected chi connectivity index (χ4v) is 3.46. The van der Waals surface area contributed by atoms with Crippen LogP contribution in [0, 0.1) is 5.92 Å². The molecular weight excluding hydrogens is 256 g/mol. The topological polar surface area (TPSA) is 58.6 Å². The third kappa shape index (κ3) is 2.43. The number of carbonyl (C=O) groups is 2. The van der Waals surface area contributed by atoms with Gasteiger partial charge in [-0.25, -0.2) is 0 Å². The summed E-state index contributed by atoms with van der Waals surface area (Å²) in [5.41, 5.74) is -0.648. The molecule has 2 aliphatic rings. The highest BCUT2D eigenvalue weighted by molar-refractivity contribution is 6.00. The highest BCUT2D eigenvalue weighted by Crippen LogP contribution is 2.36. The summed E-state index contributed by atoms with van der Waals surface area (Å²) in [6.07, 6.45) is 3.53. The molecule has 0 aromatic rings. The van der Waals surface area contributed by atoms with Crippen LogP contribution in [0.15, 0.2) is 0 Å². The van der Waals surface area contributed by atoms with Crippen LogP contribution in [0.1, 0.15) is 46.5 Å². The first kappa shape index (κ1) is 15.3. The second-order valence-corrected chi connectivity index (χ2v) is 6.43. The molecule has 2 fully saturated rings. The van der Waals surface area contributed by atoms with Gasteiger partial charge in [0.15, 0.2) is 0 Å². The van der Waals surface area contributed by atoms with Crippen molar-refractivity contribution in [3.05, 3.63) is 0 Å². The van der Waals surface area contributed by atoms with Crippen LogP contribution < -0.4 is 5.32 Å². The number of ether oxygens (including phenoxy) is 1. The zero-order valence-electron chi connectivity index (χ0n) is 12.9. The van der Waals surface area contributed by atoms with Crippen LogP contribution in [-0.2, 0) is 14.3 Å². The molecule has 1 heterocycles. The number of nitrogens with zero attached hydrogens (tertiary/aromatic N) is 1. The van der Waals surface area contributed by atoms with Gasteiger partial charge in [-0.1, -0.05) is 26.7 Å². The van der Waals surface area contributed by atoms with Gasteiger partial charge in [-0.3, -0.25) is 9.59 Å². The van der Waals surface area contributed by atoms with Crippen LogP contribution in [0.5, 0.6) is 0 Å². The van der Waals surface area contributed by atoms with Crippen molar-refractivity contribution in [1.29, 1.82) is 0 Å². The number of hydrogen-bond donors (Lipinski definition) is 1. The quantitative estimate of drug-likeness (QED) is 0.846. The molecule has 1 aliphatic carbocycles. The molecule has 1 saturated heterocycles. The van der Waals surface area contributed by atoms with E-state index in [1.54, 1.807) is 18.9 Å². The van der Waals surface area contributed by atoms with Crippen molar-refractivity contribution in [2.45, 2.75) is 64.1 Å². The summed E-state index contributed by atoms with van der Waals surface area (Å²) in [4.78, 5) is 27.1. The molecule has 1 aliphatic heterocycles. The van der Waals surface area contributed by atoms with E-state index in [9.17, 15) is 9.59 Å². The fraction of sp³-hybridized carbons (Fsp3) is 0.867. The Labute approximate surface area is 121 Å². The first-order chi connectivity index (χ1) is 9.43. The van der Waals surface area contributed by atoms with E-state index >= 15 is 0 Å². The van der Waals surface area contributed by atoms with Crippen molar-refractivity contribution in [2.24, 2.45) is 5.92 Å².